The number of rotatable bonds is 3. The summed E-state index contributed by atoms with van der Waals surface area (Å²) < 4.78 is 13.8. The molecule has 2 aliphatic rings. The van der Waals surface area contributed by atoms with Gasteiger partial charge in [-0.15, -0.1) is 0 Å². The van der Waals surface area contributed by atoms with E-state index in [1.165, 1.54) is 12.1 Å². The molecule has 1 aliphatic carbocycles. The van der Waals surface area contributed by atoms with E-state index in [2.05, 4.69) is 10.6 Å². The molecule has 4 amide bonds. The highest BCUT2D eigenvalue weighted by Crippen LogP contribution is 2.38. The number of halogens is 1. The van der Waals surface area contributed by atoms with E-state index >= 15 is 0 Å². The van der Waals surface area contributed by atoms with Crippen LogP contribution in [0.2, 0.25) is 0 Å². The predicted molar refractivity (Wildman–Crippen MR) is 90.4 cm³/mol. The summed E-state index contributed by atoms with van der Waals surface area (Å²) in [6.45, 7) is 3.30. The van der Waals surface area contributed by atoms with Crippen LogP contribution >= 0.6 is 0 Å². The van der Waals surface area contributed by atoms with Gasteiger partial charge in [0.25, 0.3) is 5.91 Å². The first-order chi connectivity index (χ1) is 11.8. The van der Waals surface area contributed by atoms with E-state index in [-0.39, 0.29) is 17.5 Å². The topological polar surface area (TPSA) is 78.5 Å². The molecule has 0 radical (unpaired) electrons. The van der Waals surface area contributed by atoms with Gasteiger partial charge < -0.3 is 10.6 Å². The van der Waals surface area contributed by atoms with Gasteiger partial charge in [-0.1, -0.05) is 25.8 Å². The van der Waals surface area contributed by atoms with Crippen LogP contribution in [0.25, 0.3) is 0 Å². The second-order valence-corrected chi connectivity index (χ2v) is 6.97. The number of anilines is 1. The number of imide groups is 1. The second-order valence-electron chi connectivity index (χ2n) is 6.97. The van der Waals surface area contributed by atoms with E-state index in [0.29, 0.717) is 6.42 Å². The van der Waals surface area contributed by atoms with Gasteiger partial charge in [0.15, 0.2) is 0 Å². The number of carbonyl (C=O) groups is 3. The normalized spacial score (nSPS) is 26.0. The maximum Gasteiger partial charge on any atom is 0.325 e. The first-order valence-electron chi connectivity index (χ1n) is 8.53. The molecule has 7 heteroatoms. The molecule has 2 atom stereocenters. The first-order valence-corrected chi connectivity index (χ1v) is 8.53. The van der Waals surface area contributed by atoms with E-state index in [4.69, 9.17) is 0 Å². The third kappa shape index (κ3) is 3.10. The monoisotopic (exact) mass is 347 g/mol. The fourth-order valence-electron chi connectivity index (χ4n) is 3.71. The van der Waals surface area contributed by atoms with Crippen molar-refractivity contribution in [1.82, 2.24) is 10.2 Å². The van der Waals surface area contributed by atoms with Crippen LogP contribution in [-0.4, -0.2) is 34.8 Å². The van der Waals surface area contributed by atoms with E-state index in [0.717, 1.165) is 29.7 Å². The predicted octanol–water partition coefficient (Wildman–Crippen LogP) is 2.57. The van der Waals surface area contributed by atoms with Crippen molar-refractivity contribution in [3.63, 3.8) is 0 Å². The van der Waals surface area contributed by atoms with Crippen molar-refractivity contribution in [2.45, 2.75) is 45.1 Å². The van der Waals surface area contributed by atoms with Crippen LogP contribution in [-0.2, 0) is 9.59 Å². The van der Waals surface area contributed by atoms with Crippen molar-refractivity contribution in [1.29, 1.82) is 0 Å². The van der Waals surface area contributed by atoms with Crippen molar-refractivity contribution in [2.75, 3.05) is 11.9 Å². The standard InChI is InChI=1S/C18H22FN3O3/c1-11-6-7-13(19)14(9-11)20-15(23)10-22-16(24)18(21-17(22)25)8-4-3-5-12(18)2/h6-7,9,12H,3-5,8,10H2,1-2H3,(H,20,23)(H,21,25)/t12-,18-/m1/s1. The number of urea groups is 1. The van der Waals surface area contributed by atoms with Crippen molar-refractivity contribution >= 4 is 23.5 Å². The molecular weight excluding hydrogens is 325 g/mol. The largest absolute Gasteiger partial charge is 0.325 e. The molecule has 1 aromatic carbocycles. The van der Waals surface area contributed by atoms with Gasteiger partial charge in [0.2, 0.25) is 5.91 Å². The summed E-state index contributed by atoms with van der Waals surface area (Å²) in [7, 11) is 0. The van der Waals surface area contributed by atoms with Gasteiger partial charge in [0, 0.05) is 0 Å². The van der Waals surface area contributed by atoms with Crippen molar-refractivity contribution in [3.8, 4) is 0 Å². The van der Waals surface area contributed by atoms with Crippen LogP contribution in [0.4, 0.5) is 14.9 Å². The lowest BCUT2D eigenvalue weighted by atomic mass is 9.73. The Bertz CT molecular complexity index is 736. The zero-order valence-corrected chi connectivity index (χ0v) is 14.4. The molecular formula is C18H22FN3O3. The van der Waals surface area contributed by atoms with Crippen LogP contribution in [0.3, 0.4) is 0 Å². The number of benzene rings is 1. The summed E-state index contributed by atoms with van der Waals surface area (Å²) in [4.78, 5) is 38.2. The Morgan fingerprint density at radius 2 is 2.16 bits per heavy atom. The SMILES string of the molecule is Cc1ccc(F)c(NC(=O)CN2C(=O)N[C@@]3(CCCC[C@H]3C)C2=O)c1. The average molecular weight is 347 g/mol. The van der Waals surface area contributed by atoms with Gasteiger partial charge in [-0.05, 0) is 43.4 Å². The third-order valence-corrected chi connectivity index (χ3v) is 5.20. The Hall–Kier alpha value is -2.44. The molecule has 25 heavy (non-hydrogen) atoms. The van der Waals surface area contributed by atoms with Gasteiger partial charge in [0.05, 0.1) is 5.69 Å². The quantitative estimate of drug-likeness (QED) is 0.825. The Morgan fingerprint density at radius 1 is 1.40 bits per heavy atom. The minimum atomic E-state index is -0.899. The third-order valence-electron chi connectivity index (χ3n) is 5.20. The van der Waals surface area contributed by atoms with E-state index in [1.54, 1.807) is 13.0 Å². The molecule has 1 aliphatic heterocycles. The smallest absolute Gasteiger partial charge is 0.323 e. The minimum absolute atomic E-state index is 0.0278. The van der Waals surface area contributed by atoms with E-state index < -0.39 is 29.8 Å². The number of nitrogens with one attached hydrogen (secondary N) is 2. The van der Waals surface area contributed by atoms with Crippen molar-refractivity contribution in [3.05, 3.63) is 29.6 Å². The molecule has 2 fully saturated rings. The first kappa shape index (κ1) is 17.4. The Labute approximate surface area is 145 Å². The summed E-state index contributed by atoms with van der Waals surface area (Å²) in [6, 6.07) is 3.80. The lowest BCUT2D eigenvalue weighted by Gasteiger charge is -2.36. The zero-order chi connectivity index (χ0) is 18.2. The fraction of sp³-hybridized carbons (Fsp3) is 0.500. The van der Waals surface area contributed by atoms with E-state index in [1.807, 2.05) is 6.92 Å². The number of aryl methyl sites for hydroxylation is 1. The number of amides is 4. The summed E-state index contributed by atoms with van der Waals surface area (Å²) in [5, 5.41) is 5.23. The molecule has 134 valence electrons. The number of hydrogen-bond donors (Lipinski definition) is 2. The Kier molecular flexibility index (Phi) is 4.49. The number of nitrogens with zero attached hydrogens (tertiary/aromatic N) is 1. The number of carbonyl (C=O) groups excluding carboxylic acids is 3. The minimum Gasteiger partial charge on any atom is -0.323 e. The Balaban J connectivity index is 1.72. The molecule has 1 saturated heterocycles. The lowest BCUT2D eigenvalue weighted by molar-refractivity contribution is -0.136. The molecule has 0 aromatic heterocycles. The van der Waals surface area contributed by atoms with Crippen molar-refractivity contribution in [2.24, 2.45) is 5.92 Å². The molecule has 2 N–H and O–H groups in total. The molecule has 6 nitrogen and oxygen atoms in total. The van der Waals surface area contributed by atoms with Gasteiger partial charge in [-0.2, -0.15) is 0 Å². The summed E-state index contributed by atoms with van der Waals surface area (Å²) in [5.41, 5.74) is -0.0658. The van der Waals surface area contributed by atoms with Crippen LogP contribution in [0.1, 0.15) is 38.2 Å². The molecule has 3 rings (SSSR count). The van der Waals surface area contributed by atoms with Crippen molar-refractivity contribution < 1.29 is 18.8 Å². The summed E-state index contributed by atoms with van der Waals surface area (Å²) in [6.07, 6.45) is 3.34. The zero-order valence-electron chi connectivity index (χ0n) is 14.4. The maximum absolute atomic E-state index is 13.8. The average Bonchev–Trinajstić information content (AvgIpc) is 2.79. The lowest BCUT2D eigenvalue weighted by Crippen LogP contribution is -2.54. The molecule has 1 aromatic rings. The van der Waals surface area contributed by atoms with E-state index in [9.17, 15) is 18.8 Å². The van der Waals surface area contributed by atoms with Crippen LogP contribution in [0, 0.1) is 18.7 Å². The van der Waals surface area contributed by atoms with Gasteiger partial charge in [-0.25, -0.2) is 9.18 Å². The van der Waals surface area contributed by atoms with Crippen LogP contribution in [0.15, 0.2) is 18.2 Å². The molecule has 1 spiro atoms. The Morgan fingerprint density at radius 3 is 2.88 bits per heavy atom. The van der Waals surface area contributed by atoms with Gasteiger partial charge >= 0.3 is 6.03 Å². The summed E-state index contributed by atoms with van der Waals surface area (Å²) in [5.74, 6) is -1.49. The van der Waals surface area contributed by atoms with Gasteiger partial charge in [0.1, 0.15) is 17.9 Å². The maximum atomic E-state index is 13.8. The summed E-state index contributed by atoms with van der Waals surface area (Å²) >= 11 is 0. The molecule has 1 saturated carbocycles. The molecule has 0 bridgehead atoms. The molecule has 0 unspecified atom stereocenters. The highest BCUT2D eigenvalue weighted by atomic mass is 19.1. The highest BCUT2D eigenvalue weighted by Gasteiger charge is 2.55. The molecule has 1 heterocycles. The second kappa shape index (κ2) is 6.46. The fourth-order valence-corrected chi connectivity index (χ4v) is 3.71. The van der Waals surface area contributed by atoms with Crippen LogP contribution in [0.5, 0.6) is 0 Å². The highest BCUT2D eigenvalue weighted by molar-refractivity contribution is 6.10. The van der Waals surface area contributed by atoms with Gasteiger partial charge in [-0.3, -0.25) is 14.5 Å². The van der Waals surface area contributed by atoms with Crippen LogP contribution < -0.4 is 10.6 Å². The number of hydrogen-bond acceptors (Lipinski definition) is 3.